The van der Waals surface area contributed by atoms with Crippen molar-refractivity contribution in [2.75, 3.05) is 19.3 Å². The third-order valence-electron chi connectivity index (χ3n) is 5.26. The molecular weight excluding hydrogens is 439 g/mol. The minimum atomic E-state index is -3.87. The van der Waals surface area contributed by atoms with Crippen LogP contribution in [0.25, 0.3) is 0 Å². The number of hydrogen-bond donors (Lipinski definition) is 2. The fraction of sp³-hybridized carbons (Fsp3) is 0.520. The van der Waals surface area contributed by atoms with E-state index in [0.29, 0.717) is 38.5 Å². The molecule has 1 atom stereocenters. The number of rotatable bonds is 18. The highest BCUT2D eigenvalue weighted by molar-refractivity contribution is 7.56. The second kappa shape index (κ2) is 15.6. The first-order valence-corrected chi connectivity index (χ1v) is 13.6. The van der Waals surface area contributed by atoms with Gasteiger partial charge >= 0.3 is 7.52 Å². The van der Waals surface area contributed by atoms with Gasteiger partial charge in [-0.25, -0.2) is 0 Å². The van der Waals surface area contributed by atoms with Crippen LogP contribution in [0.15, 0.2) is 53.5 Å². The van der Waals surface area contributed by atoms with Crippen LogP contribution in [0.3, 0.4) is 0 Å². The van der Waals surface area contributed by atoms with Crippen molar-refractivity contribution < 1.29 is 18.9 Å². The fourth-order valence-electron chi connectivity index (χ4n) is 3.38. The summed E-state index contributed by atoms with van der Waals surface area (Å²) in [5, 5.41) is 3.22. The van der Waals surface area contributed by atoms with Gasteiger partial charge in [-0.3, -0.25) is 4.57 Å². The van der Waals surface area contributed by atoms with Gasteiger partial charge in [-0.15, -0.1) is 4.91 Å². The Morgan fingerprint density at radius 3 is 2.42 bits per heavy atom. The normalized spacial score (nSPS) is 12.8. The van der Waals surface area contributed by atoms with E-state index in [1.165, 1.54) is 32.1 Å². The quantitative estimate of drug-likeness (QED) is 0.146. The lowest BCUT2D eigenvalue weighted by Crippen LogP contribution is -2.16. The Morgan fingerprint density at radius 2 is 1.67 bits per heavy atom. The molecule has 33 heavy (non-hydrogen) atoms. The average Bonchev–Trinajstić information content (AvgIpc) is 2.83. The van der Waals surface area contributed by atoms with E-state index in [1.54, 1.807) is 0 Å². The van der Waals surface area contributed by atoms with Crippen LogP contribution in [0.5, 0.6) is 11.5 Å². The summed E-state index contributed by atoms with van der Waals surface area (Å²) >= 11 is 0. The molecular formula is C25H37N2O5P. The van der Waals surface area contributed by atoms with Crippen molar-refractivity contribution in [1.29, 1.82) is 0 Å². The molecule has 2 aromatic rings. The number of nitroso groups, excluding NO2 is 1. The zero-order chi connectivity index (χ0) is 23.8. The van der Waals surface area contributed by atoms with E-state index in [9.17, 15) is 14.4 Å². The number of benzene rings is 2. The van der Waals surface area contributed by atoms with E-state index in [1.807, 2.05) is 48.5 Å². The lowest BCUT2D eigenvalue weighted by molar-refractivity contribution is 0.257. The molecule has 0 fully saturated rings. The van der Waals surface area contributed by atoms with E-state index in [4.69, 9.17) is 9.47 Å². The summed E-state index contributed by atoms with van der Waals surface area (Å²) in [5.74, 6) is 1.44. The Hall–Kier alpha value is -2.21. The maximum Gasteiger partial charge on any atom is 0.350 e. The maximum absolute atomic E-state index is 11.3. The third-order valence-corrected chi connectivity index (χ3v) is 6.41. The van der Waals surface area contributed by atoms with Gasteiger partial charge in [-0.05, 0) is 42.6 Å². The minimum Gasteiger partial charge on any atom is -0.490 e. The van der Waals surface area contributed by atoms with Crippen molar-refractivity contribution in [3.05, 3.63) is 64.6 Å². The zero-order valence-corrected chi connectivity index (χ0v) is 20.5. The van der Waals surface area contributed by atoms with E-state index in [0.717, 1.165) is 23.3 Å². The second-order valence-electron chi connectivity index (χ2n) is 8.17. The van der Waals surface area contributed by atoms with Crippen molar-refractivity contribution in [3.8, 4) is 11.5 Å². The third kappa shape index (κ3) is 11.5. The van der Waals surface area contributed by atoms with Gasteiger partial charge in [0.1, 0.15) is 6.61 Å². The van der Waals surface area contributed by atoms with E-state index in [2.05, 4.69) is 17.2 Å². The Morgan fingerprint density at radius 1 is 0.909 bits per heavy atom. The first-order valence-electron chi connectivity index (χ1n) is 11.8. The fourth-order valence-corrected chi connectivity index (χ4v) is 4.03. The lowest BCUT2D eigenvalue weighted by atomic mass is 10.1. The molecule has 182 valence electrons. The predicted octanol–water partition coefficient (Wildman–Crippen LogP) is 6.44. The molecule has 0 bridgehead atoms. The lowest BCUT2D eigenvalue weighted by Gasteiger charge is -2.15. The predicted molar refractivity (Wildman–Crippen MR) is 133 cm³/mol. The Kier molecular flexibility index (Phi) is 12.8. The molecule has 7 nitrogen and oxygen atoms in total. The van der Waals surface area contributed by atoms with Gasteiger partial charge in [0.2, 0.25) is 0 Å². The standard InChI is InChI=1S/C25H37N2O5P/c1-2-3-4-5-6-10-17-31-24-15-14-23(20-26-16-11-18-33(29,30)27-28)19-25(24)32-21-22-12-8-7-9-13-22/h7-9,12-15,19,26H,2-6,10-11,16-18,20-21H2,1H3,(H,29,30). The summed E-state index contributed by atoms with van der Waals surface area (Å²) in [6.07, 6.45) is 7.55. The molecule has 0 aliphatic heterocycles. The van der Waals surface area contributed by atoms with Gasteiger partial charge in [0.25, 0.3) is 0 Å². The topological polar surface area (TPSA) is 97.2 Å². The molecule has 8 heteroatoms. The Bertz CT molecular complexity index is 863. The van der Waals surface area contributed by atoms with Crippen LogP contribution in [-0.4, -0.2) is 24.2 Å². The number of unbranched alkanes of at least 4 members (excludes halogenated alkanes) is 5. The van der Waals surface area contributed by atoms with E-state index >= 15 is 0 Å². The van der Waals surface area contributed by atoms with Gasteiger partial charge < -0.3 is 19.7 Å². The first-order chi connectivity index (χ1) is 16.0. The SMILES string of the molecule is CCCCCCCCOc1ccc(CNCCCP(=O)(O)N=O)cc1OCc1ccccc1. The molecule has 2 aromatic carbocycles. The van der Waals surface area contributed by atoms with Crippen LogP contribution in [0.1, 0.15) is 63.0 Å². The summed E-state index contributed by atoms with van der Waals surface area (Å²) in [5.41, 5.74) is 2.10. The maximum atomic E-state index is 11.3. The molecule has 0 aromatic heterocycles. The number of hydrogen-bond acceptors (Lipinski definition) is 5. The number of nitrogens with one attached hydrogen (secondary N) is 1. The largest absolute Gasteiger partial charge is 0.490 e. The smallest absolute Gasteiger partial charge is 0.350 e. The zero-order valence-electron chi connectivity index (χ0n) is 19.6. The van der Waals surface area contributed by atoms with Crippen molar-refractivity contribution in [1.82, 2.24) is 5.32 Å². The summed E-state index contributed by atoms with van der Waals surface area (Å²) in [7, 11) is -3.87. The molecule has 0 aliphatic rings. The highest BCUT2D eigenvalue weighted by atomic mass is 31.2. The molecule has 0 heterocycles. The van der Waals surface area contributed by atoms with Gasteiger partial charge in [-0.2, -0.15) is 0 Å². The summed E-state index contributed by atoms with van der Waals surface area (Å²) < 4.78 is 23.4. The van der Waals surface area contributed by atoms with Gasteiger partial charge in [0.05, 0.1) is 6.61 Å². The van der Waals surface area contributed by atoms with Crippen LogP contribution >= 0.6 is 7.52 Å². The summed E-state index contributed by atoms with van der Waals surface area (Å²) in [4.78, 5) is 21.8. The van der Waals surface area contributed by atoms with Crippen LogP contribution in [0.4, 0.5) is 0 Å². The Labute approximate surface area is 197 Å². The molecule has 2 rings (SSSR count). The van der Waals surface area contributed by atoms with Crippen molar-refractivity contribution in [2.24, 2.45) is 4.95 Å². The number of nitrogens with zero attached hydrogens (tertiary/aromatic N) is 1. The average molecular weight is 477 g/mol. The van der Waals surface area contributed by atoms with Gasteiger partial charge in [-0.1, -0.05) is 75.4 Å². The molecule has 0 spiro atoms. The van der Waals surface area contributed by atoms with Crippen molar-refractivity contribution in [2.45, 2.75) is 65.0 Å². The molecule has 1 unspecified atom stereocenters. The molecule has 0 amide bonds. The summed E-state index contributed by atoms with van der Waals surface area (Å²) in [6, 6.07) is 15.9. The molecule has 0 aliphatic carbocycles. The van der Waals surface area contributed by atoms with Crippen LogP contribution in [-0.2, 0) is 17.7 Å². The minimum absolute atomic E-state index is 0.111. The highest BCUT2D eigenvalue weighted by Gasteiger charge is 2.17. The molecule has 0 saturated carbocycles. The number of ether oxygens (including phenoxy) is 2. The van der Waals surface area contributed by atoms with E-state index < -0.39 is 7.52 Å². The monoisotopic (exact) mass is 476 g/mol. The second-order valence-corrected chi connectivity index (χ2v) is 10.1. The first kappa shape index (κ1) is 27.0. The van der Waals surface area contributed by atoms with Crippen molar-refractivity contribution in [3.63, 3.8) is 0 Å². The van der Waals surface area contributed by atoms with Gasteiger partial charge in [0.15, 0.2) is 11.5 Å². The summed E-state index contributed by atoms with van der Waals surface area (Å²) in [6.45, 7) is 4.42. The molecule has 0 saturated heterocycles. The van der Waals surface area contributed by atoms with Crippen LogP contribution in [0.2, 0.25) is 0 Å². The van der Waals surface area contributed by atoms with Gasteiger partial charge in [0, 0.05) is 17.7 Å². The van der Waals surface area contributed by atoms with Crippen molar-refractivity contribution >= 4 is 7.52 Å². The van der Waals surface area contributed by atoms with Crippen LogP contribution in [0, 0.1) is 4.91 Å². The molecule has 0 radical (unpaired) electrons. The highest BCUT2D eigenvalue weighted by Crippen LogP contribution is 2.41. The van der Waals surface area contributed by atoms with E-state index in [-0.39, 0.29) is 6.16 Å². The molecule has 2 N–H and O–H groups in total. The Balaban J connectivity index is 1.89. The van der Waals surface area contributed by atoms with Crippen LogP contribution < -0.4 is 14.8 Å².